The van der Waals surface area contributed by atoms with Gasteiger partial charge in [-0.25, -0.2) is 0 Å². The average Bonchev–Trinajstić information content (AvgIpc) is 3.11. The van der Waals surface area contributed by atoms with E-state index in [0.717, 1.165) is 24.5 Å². The van der Waals surface area contributed by atoms with Crippen molar-refractivity contribution in [1.29, 1.82) is 0 Å². The summed E-state index contributed by atoms with van der Waals surface area (Å²) in [4.78, 5) is 14.9. The Morgan fingerprint density at radius 3 is 2.43 bits per heavy atom. The molecule has 0 spiro atoms. The fourth-order valence-corrected chi connectivity index (χ4v) is 4.09. The number of nitrogens with one attached hydrogen (secondary N) is 1. The number of hydrogen-bond acceptors (Lipinski definition) is 5. The van der Waals surface area contributed by atoms with Crippen LogP contribution in [-0.4, -0.2) is 39.0 Å². The number of hydrogen-bond donors (Lipinski definition) is 1. The van der Waals surface area contributed by atoms with E-state index in [-0.39, 0.29) is 11.2 Å². The van der Waals surface area contributed by atoms with Gasteiger partial charge in [-0.1, -0.05) is 35.5 Å². The highest BCUT2D eigenvalue weighted by atomic mass is 35.5. The quantitative estimate of drug-likeness (QED) is 0.490. The van der Waals surface area contributed by atoms with Gasteiger partial charge in [0.25, 0.3) is 0 Å². The molecule has 0 saturated heterocycles. The number of aromatic nitrogens is 3. The van der Waals surface area contributed by atoms with E-state index in [1.54, 1.807) is 12.1 Å². The molecule has 8 heteroatoms. The first-order chi connectivity index (χ1) is 14.4. The molecule has 0 aliphatic carbocycles. The first kappa shape index (κ1) is 22.2. The van der Waals surface area contributed by atoms with Gasteiger partial charge in [0.1, 0.15) is 0 Å². The predicted octanol–water partition coefficient (Wildman–Crippen LogP) is 5.10. The van der Waals surface area contributed by atoms with Crippen molar-refractivity contribution in [2.75, 3.05) is 23.3 Å². The molecule has 158 valence electrons. The van der Waals surface area contributed by atoms with Crippen molar-refractivity contribution < 1.29 is 4.79 Å². The van der Waals surface area contributed by atoms with Crippen LogP contribution in [0.15, 0.2) is 53.7 Å². The van der Waals surface area contributed by atoms with Crippen LogP contribution in [0.25, 0.3) is 11.4 Å². The van der Waals surface area contributed by atoms with Crippen molar-refractivity contribution in [3.05, 3.63) is 53.6 Å². The lowest BCUT2D eigenvalue weighted by molar-refractivity contribution is -0.115. The SMILES string of the molecule is CCN(CC)c1ccc(-c2nnc(SC(C)C(=O)Nc3ccccc3Cl)n2C)cc1. The lowest BCUT2D eigenvalue weighted by Gasteiger charge is -2.21. The Morgan fingerprint density at radius 1 is 1.13 bits per heavy atom. The zero-order valence-electron chi connectivity index (χ0n) is 17.6. The van der Waals surface area contributed by atoms with Crippen LogP contribution in [0, 0.1) is 0 Å². The Bertz CT molecular complexity index is 1000. The van der Waals surface area contributed by atoms with E-state index < -0.39 is 0 Å². The third-order valence-corrected chi connectivity index (χ3v) is 6.34. The van der Waals surface area contributed by atoms with E-state index in [1.807, 2.05) is 30.7 Å². The summed E-state index contributed by atoms with van der Waals surface area (Å²) in [6.07, 6.45) is 0. The number of thioether (sulfide) groups is 1. The molecule has 3 aromatic rings. The number of amides is 1. The van der Waals surface area contributed by atoms with Gasteiger partial charge in [0.2, 0.25) is 5.91 Å². The average molecular weight is 444 g/mol. The molecule has 0 bridgehead atoms. The lowest BCUT2D eigenvalue weighted by atomic mass is 10.2. The second-order valence-electron chi connectivity index (χ2n) is 6.81. The molecule has 3 rings (SSSR count). The van der Waals surface area contributed by atoms with Crippen molar-refractivity contribution in [2.24, 2.45) is 7.05 Å². The molecule has 1 amide bonds. The maximum absolute atomic E-state index is 12.6. The van der Waals surface area contributed by atoms with Crippen molar-refractivity contribution in [3.8, 4) is 11.4 Å². The van der Waals surface area contributed by atoms with Crippen molar-refractivity contribution in [3.63, 3.8) is 0 Å². The Labute approximate surface area is 186 Å². The predicted molar refractivity (Wildman–Crippen MR) is 125 cm³/mol. The molecule has 1 atom stereocenters. The molecular weight excluding hydrogens is 418 g/mol. The molecule has 2 aromatic carbocycles. The Hall–Kier alpha value is -2.51. The zero-order valence-corrected chi connectivity index (χ0v) is 19.2. The van der Waals surface area contributed by atoms with Gasteiger partial charge in [-0.3, -0.25) is 4.79 Å². The van der Waals surface area contributed by atoms with Crippen molar-refractivity contribution >= 4 is 40.6 Å². The summed E-state index contributed by atoms with van der Waals surface area (Å²) in [5.74, 6) is 0.628. The Balaban J connectivity index is 1.70. The van der Waals surface area contributed by atoms with Crippen LogP contribution < -0.4 is 10.2 Å². The third-order valence-electron chi connectivity index (χ3n) is 4.87. The van der Waals surface area contributed by atoms with Crippen LogP contribution in [0.2, 0.25) is 5.02 Å². The molecule has 0 aliphatic heterocycles. The number of rotatable bonds is 8. The second-order valence-corrected chi connectivity index (χ2v) is 8.53. The molecule has 1 unspecified atom stereocenters. The number of carbonyl (C=O) groups is 1. The number of nitrogens with zero attached hydrogens (tertiary/aromatic N) is 4. The molecule has 0 fully saturated rings. The van der Waals surface area contributed by atoms with Crippen LogP contribution in [0.1, 0.15) is 20.8 Å². The number of benzene rings is 2. The first-order valence-electron chi connectivity index (χ1n) is 9.91. The van der Waals surface area contributed by atoms with Gasteiger partial charge in [0, 0.05) is 31.4 Å². The summed E-state index contributed by atoms with van der Waals surface area (Å²) in [5.41, 5.74) is 2.77. The van der Waals surface area contributed by atoms with E-state index in [1.165, 1.54) is 17.4 Å². The fraction of sp³-hybridized carbons (Fsp3) is 0.318. The van der Waals surface area contributed by atoms with E-state index in [9.17, 15) is 4.79 Å². The van der Waals surface area contributed by atoms with E-state index in [2.05, 4.69) is 58.5 Å². The van der Waals surface area contributed by atoms with Gasteiger partial charge in [-0.2, -0.15) is 0 Å². The smallest absolute Gasteiger partial charge is 0.237 e. The second kappa shape index (κ2) is 10.00. The molecule has 1 aromatic heterocycles. The largest absolute Gasteiger partial charge is 0.372 e. The molecule has 0 aliphatic rings. The molecule has 0 radical (unpaired) electrons. The molecular formula is C22H26ClN5OS. The zero-order chi connectivity index (χ0) is 21.7. The number of carbonyl (C=O) groups excluding carboxylic acids is 1. The van der Waals surface area contributed by atoms with Gasteiger partial charge >= 0.3 is 0 Å². The summed E-state index contributed by atoms with van der Waals surface area (Å²) >= 11 is 7.49. The summed E-state index contributed by atoms with van der Waals surface area (Å²) in [7, 11) is 1.91. The van der Waals surface area contributed by atoms with Crippen molar-refractivity contribution in [2.45, 2.75) is 31.2 Å². The summed E-state index contributed by atoms with van der Waals surface area (Å²) in [6, 6.07) is 15.5. The summed E-state index contributed by atoms with van der Waals surface area (Å²) in [6.45, 7) is 8.06. The van der Waals surface area contributed by atoms with Crippen LogP contribution in [0.4, 0.5) is 11.4 Å². The number of para-hydroxylation sites is 1. The highest BCUT2D eigenvalue weighted by Crippen LogP contribution is 2.28. The maximum atomic E-state index is 12.6. The van der Waals surface area contributed by atoms with Crippen molar-refractivity contribution in [1.82, 2.24) is 14.8 Å². The monoisotopic (exact) mass is 443 g/mol. The number of anilines is 2. The Kier molecular flexibility index (Phi) is 7.39. The topological polar surface area (TPSA) is 63.1 Å². The molecule has 0 saturated carbocycles. The summed E-state index contributed by atoms with van der Waals surface area (Å²) in [5, 5.41) is 12.3. The van der Waals surface area contributed by atoms with E-state index >= 15 is 0 Å². The molecule has 30 heavy (non-hydrogen) atoms. The lowest BCUT2D eigenvalue weighted by Crippen LogP contribution is -2.23. The minimum atomic E-state index is -0.359. The minimum absolute atomic E-state index is 0.138. The fourth-order valence-electron chi connectivity index (χ4n) is 3.09. The minimum Gasteiger partial charge on any atom is -0.372 e. The highest BCUT2D eigenvalue weighted by Gasteiger charge is 2.20. The van der Waals surface area contributed by atoms with E-state index in [4.69, 9.17) is 11.6 Å². The van der Waals surface area contributed by atoms with Gasteiger partial charge < -0.3 is 14.8 Å². The van der Waals surface area contributed by atoms with E-state index in [0.29, 0.717) is 15.9 Å². The molecule has 6 nitrogen and oxygen atoms in total. The van der Waals surface area contributed by atoms with Gasteiger partial charge in [0.15, 0.2) is 11.0 Å². The van der Waals surface area contributed by atoms with Crippen LogP contribution in [0.5, 0.6) is 0 Å². The van der Waals surface area contributed by atoms with Crippen LogP contribution in [-0.2, 0) is 11.8 Å². The van der Waals surface area contributed by atoms with Gasteiger partial charge in [0.05, 0.1) is 16.0 Å². The van der Waals surface area contributed by atoms with Gasteiger partial charge in [-0.05, 0) is 57.2 Å². The third kappa shape index (κ3) is 4.96. The number of halogens is 1. The summed E-state index contributed by atoms with van der Waals surface area (Å²) < 4.78 is 1.91. The normalized spacial score (nSPS) is 11.9. The van der Waals surface area contributed by atoms with Gasteiger partial charge in [-0.15, -0.1) is 10.2 Å². The highest BCUT2D eigenvalue weighted by molar-refractivity contribution is 8.00. The standard InChI is InChI=1S/C22H26ClN5OS/c1-5-28(6-2)17-13-11-16(12-14-17)20-25-26-22(27(20)4)30-15(3)21(29)24-19-10-8-7-9-18(19)23/h7-15H,5-6H2,1-4H3,(H,24,29). The Morgan fingerprint density at radius 2 is 1.80 bits per heavy atom. The first-order valence-corrected chi connectivity index (χ1v) is 11.2. The maximum Gasteiger partial charge on any atom is 0.237 e. The molecule has 1 heterocycles. The van der Waals surface area contributed by atoms with Crippen LogP contribution in [0.3, 0.4) is 0 Å². The molecule has 1 N–H and O–H groups in total. The van der Waals surface area contributed by atoms with Crippen LogP contribution >= 0.6 is 23.4 Å².